The molecule has 2 saturated heterocycles. The Labute approximate surface area is 325 Å². The minimum Gasteiger partial charge on any atom is -0.422 e. The lowest BCUT2D eigenvalue weighted by molar-refractivity contribution is -0.138. The molecule has 1 unspecified atom stereocenters. The van der Waals surface area contributed by atoms with Crippen LogP contribution < -0.4 is 10.6 Å². The molecule has 4 aliphatic rings. The van der Waals surface area contributed by atoms with E-state index in [4.69, 9.17) is 9.52 Å². The average molecular weight is 809 g/mol. The van der Waals surface area contributed by atoms with E-state index >= 15 is 0 Å². The van der Waals surface area contributed by atoms with Crippen molar-refractivity contribution in [3.63, 3.8) is 0 Å². The Kier molecular flexibility index (Phi) is 8.89. The van der Waals surface area contributed by atoms with Crippen LogP contribution in [0.2, 0.25) is 0 Å². The van der Waals surface area contributed by atoms with Crippen LogP contribution in [0.25, 0.3) is 22.0 Å². The number of carbonyl (C=O) groups excluding carboxylic acids is 3. The van der Waals surface area contributed by atoms with E-state index < -0.39 is 6.04 Å². The van der Waals surface area contributed by atoms with Crippen LogP contribution in [0.3, 0.4) is 0 Å². The second-order valence-electron chi connectivity index (χ2n) is 15.5. The maximum atomic E-state index is 14.8. The summed E-state index contributed by atoms with van der Waals surface area (Å²) in [7, 11) is 0. The molecule has 1 aromatic carbocycles. The Morgan fingerprint density at radius 2 is 1.89 bits per heavy atom. The number of fused-ring (bicyclic) bond motifs is 4. The Hall–Kier alpha value is -4.93. The quantitative estimate of drug-likeness (QED) is 0.175. The first-order valence-electron chi connectivity index (χ1n) is 18.9. The van der Waals surface area contributed by atoms with Crippen molar-refractivity contribution in [3.05, 3.63) is 75.7 Å². The SMILES string of the molecule is CCC1NCc2cc(-c3cnc(C)nc3)cc3c(C(C)=O)nn(c23)CC(=O)N2[C@H](C(=O)Nc3nc(Br)ccc3C)C[C@]3(C[C@@H]23)CN2CCC[C@H]2c2nnc1o2. The van der Waals surface area contributed by atoms with E-state index in [1.165, 1.54) is 6.92 Å². The summed E-state index contributed by atoms with van der Waals surface area (Å²) >= 11 is 3.42. The minimum absolute atomic E-state index is 0.0430. The maximum Gasteiger partial charge on any atom is 0.248 e. The predicted octanol–water partition coefficient (Wildman–Crippen LogP) is 5.24. The highest BCUT2D eigenvalue weighted by molar-refractivity contribution is 9.10. The van der Waals surface area contributed by atoms with Gasteiger partial charge in [0.15, 0.2) is 5.78 Å². The number of piperidine rings is 1. The van der Waals surface area contributed by atoms with E-state index in [9.17, 15) is 14.4 Å². The molecule has 16 heteroatoms. The third-order valence-electron chi connectivity index (χ3n) is 11.8. The fourth-order valence-corrected chi connectivity index (χ4v) is 9.27. The topological polar surface area (TPSA) is 177 Å². The van der Waals surface area contributed by atoms with Gasteiger partial charge in [-0.15, -0.1) is 10.2 Å². The van der Waals surface area contributed by atoms with Gasteiger partial charge in [-0.05, 0) is 103 Å². The summed E-state index contributed by atoms with van der Waals surface area (Å²) in [6.07, 6.45) is 7.38. The first-order valence-corrected chi connectivity index (χ1v) is 19.7. The van der Waals surface area contributed by atoms with E-state index in [0.717, 1.165) is 48.1 Å². The predicted molar refractivity (Wildman–Crippen MR) is 205 cm³/mol. The minimum atomic E-state index is -0.727. The molecule has 4 aromatic heterocycles. The van der Waals surface area contributed by atoms with Crippen LogP contribution in [0.1, 0.15) is 97.3 Å². The van der Waals surface area contributed by atoms with Gasteiger partial charge >= 0.3 is 0 Å². The van der Waals surface area contributed by atoms with Crippen LogP contribution in [-0.4, -0.2) is 87.5 Å². The van der Waals surface area contributed by atoms with Crippen molar-refractivity contribution in [2.75, 3.05) is 18.4 Å². The molecular weight excluding hydrogens is 766 g/mol. The van der Waals surface area contributed by atoms with Crippen molar-refractivity contribution >= 4 is 50.2 Å². The Bertz CT molecular complexity index is 2360. The number of Topliss-reactive ketones (excluding diaryl/α,β-unsaturated/α-hetero) is 1. The summed E-state index contributed by atoms with van der Waals surface area (Å²) in [5.41, 5.74) is 3.87. The summed E-state index contributed by atoms with van der Waals surface area (Å²) in [4.78, 5) is 59.8. The lowest BCUT2D eigenvalue weighted by atomic mass is 9.97. The number of amides is 2. The van der Waals surface area contributed by atoms with Gasteiger partial charge in [-0.25, -0.2) is 15.0 Å². The second-order valence-corrected chi connectivity index (χ2v) is 16.3. The fourth-order valence-electron chi connectivity index (χ4n) is 8.96. The van der Waals surface area contributed by atoms with Crippen molar-refractivity contribution in [2.24, 2.45) is 5.41 Å². The van der Waals surface area contributed by atoms with E-state index in [1.54, 1.807) is 22.0 Å². The number of hydrogen-bond donors (Lipinski definition) is 2. The zero-order valence-electron chi connectivity index (χ0n) is 31.2. The molecule has 5 aromatic rings. The second kappa shape index (κ2) is 13.7. The Morgan fingerprint density at radius 1 is 1.09 bits per heavy atom. The normalized spacial score (nSPS) is 25.1. The first-order chi connectivity index (χ1) is 26.5. The number of anilines is 1. The van der Waals surface area contributed by atoms with Crippen LogP contribution in [0.5, 0.6) is 0 Å². The summed E-state index contributed by atoms with van der Waals surface area (Å²) in [5, 5.41) is 21.2. The highest BCUT2D eigenvalue weighted by Gasteiger charge is 2.67. The van der Waals surface area contributed by atoms with Crippen molar-refractivity contribution in [3.8, 4) is 11.1 Å². The highest BCUT2D eigenvalue weighted by Crippen LogP contribution is 2.61. The van der Waals surface area contributed by atoms with Crippen molar-refractivity contribution in [2.45, 2.75) is 97.1 Å². The molecule has 9 rings (SSSR count). The molecule has 55 heavy (non-hydrogen) atoms. The molecule has 2 amide bonds. The zero-order valence-corrected chi connectivity index (χ0v) is 32.8. The highest BCUT2D eigenvalue weighted by atomic mass is 79.9. The van der Waals surface area contributed by atoms with Gasteiger partial charge in [0.1, 0.15) is 34.5 Å². The largest absolute Gasteiger partial charge is 0.422 e. The van der Waals surface area contributed by atoms with Gasteiger partial charge in [0, 0.05) is 54.8 Å². The average Bonchev–Trinajstić information content (AvgIpc) is 3.66. The molecular formula is C39H42BrN11O4. The number of pyridine rings is 1. The first kappa shape index (κ1) is 35.8. The molecule has 1 saturated carbocycles. The number of ketones is 1. The molecule has 4 bridgehead atoms. The number of nitrogens with zero attached hydrogens (tertiary/aromatic N) is 9. The van der Waals surface area contributed by atoms with E-state index in [1.807, 2.05) is 38.1 Å². The summed E-state index contributed by atoms with van der Waals surface area (Å²) < 4.78 is 8.69. The van der Waals surface area contributed by atoms with Crippen LogP contribution in [0.15, 0.2) is 45.7 Å². The molecule has 0 radical (unpaired) electrons. The van der Waals surface area contributed by atoms with Gasteiger partial charge in [0.05, 0.1) is 17.6 Å². The number of halogens is 1. The van der Waals surface area contributed by atoms with Crippen LogP contribution >= 0.6 is 15.9 Å². The standard InChI is InChI=1S/C39H42BrN11O4/c1-5-27-37-46-47-38(55-37)28-7-6-10-49(28)19-39-13-29(36(54)45-35-20(2)8-9-31(40)44-35)51(30(39)14-39)32(53)18-50-34-24(15-43-27)11-23(25-16-41-22(4)42-17-25)12-26(34)33(48-50)21(3)52/h8-9,11-12,16-17,27-30,43H,5-7,10,13-15,18-19H2,1-4H3,(H,44,45,54)/t27?,28-,29-,30+,39-/m0/s1. The number of aromatic nitrogens is 7. The molecule has 3 fully saturated rings. The van der Waals surface area contributed by atoms with Crippen molar-refractivity contribution in [1.29, 1.82) is 0 Å². The smallest absolute Gasteiger partial charge is 0.248 e. The number of carbonyl (C=O) groups is 3. The fraction of sp³-hybridized carbons (Fsp3) is 0.462. The Balaban J connectivity index is 1.17. The van der Waals surface area contributed by atoms with Gasteiger partial charge in [0.25, 0.3) is 0 Å². The number of benzene rings is 1. The number of aryl methyl sites for hydroxylation is 2. The number of nitrogens with one attached hydrogen (secondary N) is 2. The van der Waals surface area contributed by atoms with E-state index in [2.05, 4.69) is 63.5 Å². The van der Waals surface area contributed by atoms with Crippen LogP contribution in [0, 0.1) is 19.3 Å². The molecule has 5 atom stereocenters. The molecule has 2 N–H and O–H groups in total. The molecule has 284 valence electrons. The van der Waals surface area contributed by atoms with Gasteiger partial charge in [-0.3, -0.25) is 24.0 Å². The van der Waals surface area contributed by atoms with E-state index in [-0.39, 0.29) is 53.4 Å². The Morgan fingerprint density at radius 3 is 2.67 bits per heavy atom. The molecule has 15 nitrogen and oxygen atoms in total. The lowest BCUT2D eigenvalue weighted by Crippen LogP contribution is -2.47. The molecule has 1 aliphatic carbocycles. The zero-order chi connectivity index (χ0) is 38.2. The summed E-state index contributed by atoms with van der Waals surface area (Å²) in [5.74, 6) is 1.47. The van der Waals surface area contributed by atoms with Gasteiger partial charge in [-0.1, -0.05) is 13.0 Å². The molecule has 7 heterocycles. The molecule has 3 aliphatic heterocycles. The van der Waals surface area contributed by atoms with E-state index in [0.29, 0.717) is 64.9 Å². The summed E-state index contributed by atoms with van der Waals surface area (Å²) in [6.45, 7) is 9.02. The lowest BCUT2D eigenvalue weighted by Gasteiger charge is -2.27. The monoisotopic (exact) mass is 807 g/mol. The van der Waals surface area contributed by atoms with Crippen LogP contribution in [-0.2, 0) is 22.7 Å². The van der Waals surface area contributed by atoms with Gasteiger partial charge in [0.2, 0.25) is 23.6 Å². The van der Waals surface area contributed by atoms with Gasteiger partial charge in [-0.2, -0.15) is 5.10 Å². The number of rotatable bonds is 5. The van der Waals surface area contributed by atoms with Gasteiger partial charge < -0.3 is 20.0 Å². The van der Waals surface area contributed by atoms with Crippen molar-refractivity contribution < 1.29 is 18.8 Å². The third kappa shape index (κ3) is 6.33. The maximum absolute atomic E-state index is 14.8. The summed E-state index contributed by atoms with van der Waals surface area (Å²) in [6, 6.07) is 6.50. The molecule has 0 spiro atoms. The number of hydrogen-bond acceptors (Lipinski definition) is 12. The van der Waals surface area contributed by atoms with Crippen molar-refractivity contribution in [1.82, 2.24) is 50.0 Å². The van der Waals surface area contributed by atoms with Crippen LogP contribution in [0.4, 0.5) is 5.82 Å². The third-order valence-corrected chi connectivity index (χ3v) is 12.3.